The minimum Gasteiger partial charge on any atom is -0.494 e. The van der Waals surface area contributed by atoms with E-state index in [1.807, 2.05) is 55.5 Å². The highest BCUT2D eigenvalue weighted by molar-refractivity contribution is 5.76. The van der Waals surface area contributed by atoms with Crippen molar-refractivity contribution < 1.29 is 18.4 Å². The highest BCUT2D eigenvalue weighted by Crippen LogP contribution is 2.15. The Balaban J connectivity index is 1.51. The van der Waals surface area contributed by atoms with Crippen LogP contribution in [0, 0.1) is 6.92 Å². The van der Waals surface area contributed by atoms with Gasteiger partial charge >= 0.3 is 0 Å². The molecule has 1 amide bonds. The second-order valence-electron chi connectivity index (χ2n) is 6.18. The molecule has 0 aliphatic carbocycles. The van der Waals surface area contributed by atoms with Gasteiger partial charge in [-0.3, -0.25) is 4.79 Å². The summed E-state index contributed by atoms with van der Waals surface area (Å²) in [6, 6.07) is 15.3. The van der Waals surface area contributed by atoms with Gasteiger partial charge in [-0.15, -0.1) is 0 Å². The van der Waals surface area contributed by atoms with Crippen LogP contribution in [0.15, 0.2) is 69.9 Å². The summed E-state index contributed by atoms with van der Waals surface area (Å²) < 4.78 is 16.5. The zero-order valence-electron chi connectivity index (χ0n) is 14.9. The maximum absolute atomic E-state index is 12.6. The molecule has 0 N–H and O–H groups in total. The van der Waals surface area contributed by atoms with Gasteiger partial charge in [0, 0.05) is 6.42 Å². The van der Waals surface area contributed by atoms with Gasteiger partial charge in [0.15, 0.2) is 0 Å². The summed E-state index contributed by atoms with van der Waals surface area (Å²) in [6.07, 6.45) is 4.29. The summed E-state index contributed by atoms with van der Waals surface area (Å²) in [5.74, 6) is 2.38. The number of carbonyl (C=O) groups is 1. The van der Waals surface area contributed by atoms with Gasteiger partial charge in [-0.05, 0) is 55.3 Å². The lowest BCUT2D eigenvalue weighted by atomic mass is 10.2. The van der Waals surface area contributed by atoms with Crippen LogP contribution in [0.1, 0.15) is 29.9 Å². The molecule has 1 aromatic carbocycles. The molecule has 0 aliphatic heterocycles. The van der Waals surface area contributed by atoms with Gasteiger partial charge in [0.1, 0.15) is 17.3 Å². The number of rotatable bonds is 9. The Morgan fingerprint density at radius 3 is 2.27 bits per heavy atom. The molecule has 3 aromatic rings. The molecule has 0 aliphatic rings. The second-order valence-corrected chi connectivity index (χ2v) is 6.18. The van der Waals surface area contributed by atoms with Crippen LogP contribution in [0.4, 0.5) is 0 Å². The van der Waals surface area contributed by atoms with E-state index in [0.29, 0.717) is 32.5 Å². The molecule has 0 saturated carbocycles. The Bertz CT molecular complexity index is 757. The van der Waals surface area contributed by atoms with Crippen LogP contribution in [0.2, 0.25) is 0 Å². The van der Waals surface area contributed by atoms with E-state index < -0.39 is 0 Å². The Kier molecular flexibility index (Phi) is 6.14. The van der Waals surface area contributed by atoms with Crippen LogP contribution in [0.5, 0.6) is 5.75 Å². The summed E-state index contributed by atoms with van der Waals surface area (Å²) in [6.45, 7) is 3.37. The fraction of sp³-hybridized carbons (Fsp3) is 0.286. The molecule has 0 spiro atoms. The molecular formula is C21H23NO4. The standard InChI is InChI=1S/C21H23NO4/c1-17-6-2-7-18(14-17)24-13-5-10-21(23)22(15-19-8-3-11-25-19)16-20-9-4-12-26-20/h2-4,6-9,11-12,14H,5,10,13,15-16H2,1H3. The van der Waals surface area contributed by atoms with Crippen molar-refractivity contribution in [3.05, 3.63) is 78.1 Å². The van der Waals surface area contributed by atoms with E-state index >= 15 is 0 Å². The average Bonchev–Trinajstić information content (AvgIpc) is 3.32. The number of hydrogen-bond acceptors (Lipinski definition) is 4. The Hall–Kier alpha value is -2.95. The zero-order chi connectivity index (χ0) is 18.2. The second kappa shape index (κ2) is 8.94. The number of furan rings is 2. The molecule has 0 saturated heterocycles. The van der Waals surface area contributed by atoms with Gasteiger partial charge in [0.2, 0.25) is 5.91 Å². The minimum atomic E-state index is 0.0469. The lowest BCUT2D eigenvalue weighted by Crippen LogP contribution is -2.30. The topological polar surface area (TPSA) is 55.8 Å². The predicted molar refractivity (Wildman–Crippen MR) is 97.6 cm³/mol. The average molecular weight is 353 g/mol. The Morgan fingerprint density at radius 1 is 1.00 bits per heavy atom. The van der Waals surface area contributed by atoms with Crippen molar-refractivity contribution >= 4 is 5.91 Å². The number of hydrogen-bond donors (Lipinski definition) is 0. The quantitative estimate of drug-likeness (QED) is 0.529. The lowest BCUT2D eigenvalue weighted by molar-refractivity contribution is -0.133. The third-order valence-corrected chi connectivity index (χ3v) is 4.00. The van der Waals surface area contributed by atoms with Gasteiger partial charge < -0.3 is 18.5 Å². The van der Waals surface area contributed by atoms with E-state index in [4.69, 9.17) is 13.6 Å². The van der Waals surface area contributed by atoms with Crippen LogP contribution >= 0.6 is 0 Å². The molecular weight excluding hydrogens is 330 g/mol. The van der Waals surface area contributed by atoms with Crippen molar-refractivity contribution in [3.8, 4) is 5.75 Å². The van der Waals surface area contributed by atoms with Crippen molar-refractivity contribution in [1.29, 1.82) is 0 Å². The number of nitrogens with zero attached hydrogens (tertiary/aromatic N) is 1. The summed E-state index contributed by atoms with van der Waals surface area (Å²) in [4.78, 5) is 14.4. The fourth-order valence-electron chi connectivity index (χ4n) is 2.69. The SMILES string of the molecule is Cc1cccc(OCCCC(=O)N(Cc2ccco2)Cc2ccco2)c1. The van der Waals surface area contributed by atoms with Crippen molar-refractivity contribution in [3.63, 3.8) is 0 Å². The summed E-state index contributed by atoms with van der Waals surface area (Å²) in [5, 5.41) is 0. The monoisotopic (exact) mass is 353 g/mol. The number of aryl methyl sites for hydroxylation is 1. The van der Waals surface area contributed by atoms with Crippen molar-refractivity contribution in [1.82, 2.24) is 4.90 Å². The smallest absolute Gasteiger partial charge is 0.223 e. The fourth-order valence-corrected chi connectivity index (χ4v) is 2.69. The van der Waals surface area contributed by atoms with E-state index in [0.717, 1.165) is 22.8 Å². The molecule has 0 unspecified atom stereocenters. The van der Waals surface area contributed by atoms with Gasteiger partial charge in [-0.2, -0.15) is 0 Å². The molecule has 2 heterocycles. The maximum atomic E-state index is 12.6. The van der Waals surface area contributed by atoms with Crippen LogP contribution in [-0.4, -0.2) is 17.4 Å². The first-order chi connectivity index (χ1) is 12.7. The van der Waals surface area contributed by atoms with Gasteiger partial charge in [0.25, 0.3) is 0 Å². The molecule has 5 heteroatoms. The predicted octanol–water partition coefficient (Wildman–Crippen LogP) is 4.57. The van der Waals surface area contributed by atoms with Crippen LogP contribution in [0.3, 0.4) is 0 Å². The van der Waals surface area contributed by atoms with Gasteiger partial charge in [-0.1, -0.05) is 12.1 Å². The molecule has 0 radical (unpaired) electrons. The highest BCUT2D eigenvalue weighted by Gasteiger charge is 2.17. The molecule has 136 valence electrons. The zero-order valence-corrected chi connectivity index (χ0v) is 14.9. The van der Waals surface area contributed by atoms with E-state index in [1.54, 1.807) is 17.4 Å². The van der Waals surface area contributed by atoms with E-state index in [-0.39, 0.29) is 5.91 Å². The maximum Gasteiger partial charge on any atom is 0.223 e. The minimum absolute atomic E-state index is 0.0469. The molecule has 5 nitrogen and oxygen atoms in total. The van der Waals surface area contributed by atoms with E-state index in [9.17, 15) is 4.79 Å². The highest BCUT2D eigenvalue weighted by atomic mass is 16.5. The summed E-state index contributed by atoms with van der Waals surface area (Å²) >= 11 is 0. The summed E-state index contributed by atoms with van der Waals surface area (Å²) in [5.41, 5.74) is 1.15. The molecule has 0 bridgehead atoms. The van der Waals surface area contributed by atoms with Crippen molar-refractivity contribution in [2.24, 2.45) is 0 Å². The molecule has 3 rings (SSSR count). The van der Waals surface area contributed by atoms with Crippen LogP contribution < -0.4 is 4.74 Å². The lowest BCUT2D eigenvalue weighted by Gasteiger charge is -2.20. The normalized spacial score (nSPS) is 10.7. The number of carbonyl (C=O) groups excluding carboxylic acids is 1. The summed E-state index contributed by atoms with van der Waals surface area (Å²) in [7, 11) is 0. The Morgan fingerprint density at radius 2 is 1.69 bits per heavy atom. The first-order valence-electron chi connectivity index (χ1n) is 8.73. The van der Waals surface area contributed by atoms with Gasteiger partial charge in [0.05, 0.1) is 32.2 Å². The van der Waals surface area contributed by atoms with Crippen molar-refractivity contribution in [2.75, 3.05) is 6.61 Å². The number of amides is 1. The molecule has 0 atom stereocenters. The third kappa shape index (κ3) is 5.28. The number of benzene rings is 1. The third-order valence-electron chi connectivity index (χ3n) is 4.00. The van der Waals surface area contributed by atoms with E-state index in [2.05, 4.69) is 0 Å². The molecule has 26 heavy (non-hydrogen) atoms. The first kappa shape index (κ1) is 17.9. The van der Waals surface area contributed by atoms with Crippen LogP contribution in [-0.2, 0) is 17.9 Å². The molecule has 2 aromatic heterocycles. The van der Waals surface area contributed by atoms with Crippen molar-refractivity contribution in [2.45, 2.75) is 32.9 Å². The number of ether oxygens (including phenoxy) is 1. The van der Waals surface area contributed by atoms with E-state index in [1.165, 1.54) is 0 Å². The molecule has 0 fully saturated rings. The largest absolute Gasteiger partial charge is 0.494 e. The van der Waals surface area contributed by atoms with Crippen LogP contribution in [0.25, 0.3) is 0 Å². The first-order valence-corrected chi connectivity index (χ1v) is 8.73. The van der Waals surface area contributed by atoms with Gasteiger partial charge in [-0.25, -0.2) is 0 Å². The Labute approximate surface area is 153 Å².